The summed E-state index contributed by atoms with van der Waals surface area (Å²) in [4.78, 5) is 25.6. The van der Waals surface area contributed by atoms with Crippen molar-refractivity contribution in [1.29, 1.82) is 0 Å². The monoisotopic (exact) mass is 359 g/mol. The van der Waals surface area contributed by atoms with Gasteiger partial charge in [0.1, 0.15) is 6.04 Å². The SMILES string of the molecule is CC[C@H](C(=O)NCCOC)n1nc(C)c2sc3ccccc3c2c1=O. The Morgan fingerprint density at radius 2 is 2.16 bits per heavy atom. The van der Waals surface area contributed by atoms with E-state index in [1.807, 2.05) is 38.1 Å². The molecule has 0 saturated heterocycles. The van der Waals surface area contributed by atoms with E-state index in [9.17, 15) is 9.59 Å². The van der Waals surface area contributed by atoms with Crippen LogP contribution in [0.4, 0.5) is 0 Å². The second-order valence-electron chi connectivity index (χ2n) is 5.85. The highest BCUT2D eigenvalue weighted by molar-refractivity contribution is 7.26. The molecule has 0 spiro atoms. The summed E-state index contributed by atoms with van der Waals surface area (Å²) in [5.74, 6) is -0.215. The molecule has 0 unspecified atom stereocenters. The summed E-state index contributed by atoms with van der Waals surface area (Å²) in [6, 6.07) is 7.18. The molecule has 1 amide bonds. The van der Waals surface area contributed by atoms with Crippen molar-refractivity contribution in [2.24, 2.45) is 0 Å². The predicted molar refractivity (Wildman–Crippen MR) is 100 cm³/mol. The number of hydrogen-bond donors (Lipinski definition) is 1. The molecule has 1 N–H and O–H groups in total. The zero-order valence-electron chi connectivity index (χ0n) is 14.5. The van der Waals surface area contributed by atoms with Crippen LogP contribution >= 0.6 is 11.3 Å². The summed E-state index contributed by atoms with van der Waals surface area (Å²) in [6.07, 6.45) is 0.485. The summed E-state index contributed by atoms with van der Waals surface area (Å²) in [5, 5.41) is 8.80. The number of thiophene rings is 1. The van der Waals surface area contributed by atoms with E-state index in [1.54, 1.807) is 18.4 Å². The van der Waals surface area contributed by atoms with E-state index in [1.165, 1.54) is 4.68 Å². The van der Waals surface area contributed by atoms with Crippen LogP contribution in [0, 0.1) is 6.92 Å². The topological polar surface area (TPSA) is 73.2 Å². The number of amides is 1. The first-order valence-electron chi connectivity index (χ1n) is 8.25. The van der Waals surface area contributed by atoms with Gasteiger partial charge < -0.3 is 10.1 Å². The molecule has 0 radical (unpaired) electrons. The summed E-state index contributed by atoms with van der Waals surface area (Å²) in [6.45, 7) is 4.59. The molecule has 6 nitrogen and oxygen atoms in total. The molecule has 2 heterocycles. The number of benzene rings is 1. The maximum atomic E-state index is 13.1. The molecule has 3 rings (SSSR count). The average molecular weight is 359 g/mol. The van der Waals surface area contributed by atoms with Gasteiger partial charge in [0.15, 0.2) is 0 Å². The van der Waals surface area contributed by atoms with Gasteiger partial charge in [0, 0.05) is 23.7 Å². The van der Waals surface area contributed by atoms with Crippen LogP contribution in [-0.4, -0.2) is 35.9 Å². The summed E-state index contributed by atoms with van der Waals surface area (Å²) < 4.78 is 8.22. The van der Waals surface area contributed by atoms with Gasteiger partial charge in [-0.25, -0.2) is 4.68 Å². The van der Waals surface area contributed by atoms with Crippen molar-refractivity contribution in [2.45, 2.75) is 26.3 Å². The maximum Gasteiger partial charge on any atom is 0.276 e. The minimum absolute atomic E-state index is 0.215. The maximum absolute atomic E-state index is 13.1. The van der Waals surface area contributed by atoms with Crippen LogP contribution in [0.2, 0.25) is 0 Å². The van der Waals surface area contributed by atoms with E-state index < -0.39 is 6.04 Å². The fourth-order valence-electron chi connectivity index (χ4n) is 2.95. The van der Waals surface area contributed by atoms with Crippen molar-refractivity contribution in [2.75, 3.05) is 20.3 Å². The molecule has 0 fully saturated rings. The lowest BCUT2D eigenvalue weighted by atomic mass is 10.1. The Labute approximate surface area is 149 Å². The zero-order chi connectivity index (χ0) is 18.0. The Balaban J connectivity index is 2.12. The van der Waals surface area contributed by atoms with Gasteiger partial charge in [-0.3, -0.25) is 9.59 Å². The lowest BCUT2D eigenvalue weighted by Crippen LogP contribution is -2.39. The van der Waals surface area contributed by atoms with Crippen LogP contribution in [-0.2, 0) is 9.53 Å². The molecule has 3 aromatic rings. The molecule has 0 aliphatic heterocycles. The first-order chi connectivity index (χ1) is 12.1. The Bertz CT molecular complexity index is 977. The van der Waals surface area contributed by atoms with E-state index in [-0.39, 0.29) is 11.5 Å². The number of rotatable bonds is 6. The Hall–Kier alpha value is -2.25. The van der Waals surface area contributed by atoms with Crippen LogP contribution in [0.1, 0.15) is 25.1 Å². The minimum Gasteiger partial charge on any atom is -0.383 e. The highest BCUT2D eigenvalue weighted by Crippen LogP contribution is 2.33. The fraction of sp³-hybridized carbons (Fsp3) is 0.389. The van der Waals surface area contributed by atoms with Gasteiger partial charge in [0.05, 0.1) is 22.4 Å². The third-order valence-electron chi connectivity index (χ3n) is 4.19. The highest BCUT2D eigenvalue weighted by Gasteiger charge is 2.23. The van der Waals surface area contributed by atoms with Gasteiger partial charge in [0.25, 0.3) is 5.56 Å². The average Bonchev–Trinajstić information content (AvgIpc) is 3.00. The number of carbonyl (C=O) groups excluding carboxylic acids is 1. The van der Waals surface area contributed by atoms with Gasteiger partial charge in [0.2, 0.25) is 5.91 Å². The fourth-order valence-corrected chi connectivity index (χ4v) is 4.09. The van der Waals surface area contributed by atoms with Crippen molar-refractivity contribution in [3.05, 3.63) is 40.3 Å². The quantitative estimate of drug-likeness (QED) is 0.687. The third-order valence-corrected chi connectivity index (χ3v) is 5.47. The lowest BCUT2D eigenvalue weighted by molar-refractivity contribution is -0.125. The normalized spacial score (nSPS) is 12.6. The molecule has 0 saturated carbocycles. The third kappa shape index (κ3) is 3.17. The Morgan fingerprint density at radius 1 is 1.40 bits per heavy atom. The van der Waals surface area contributed by atoms with Gasteiger partial charge in [-0.05, 0) is 19.4 Å². The largest absolute Gasteiger partial charge is 0.383 e. The summed E-state index contributed by atoms with van der Waals surface area (Å²) in [7, 11) is 1.58. The van der Waals surface area contributed by atoms with Crippen LogP contribution in [0.15, 0.2) is 29.1 Å². The van der Waals surface area contributed by atoms with Gasteiger partial charge in [-0.2, -0.15) is 5.10 Å². The van der Waals surface area contributed by atoms with E-state index in [2.05, 4.69) is 10.4 Å². The highest BCUT2D eigenvalue weighted by atomic mass is 32.1. The molecule has 2 aromatic heterocycles. The van der Waals surface area contributed by atoms with Crippen molar-refractivity contribution in [3.63, 3.8) is 0 Å². The van der Waals surface area contributed by atoms with Crippen LogP contribution in [0.5, 0.6) is 0 Å². The first-order valence-corrected chi connectivity index (χ1v) is 9.07. The minimum atomic E-state index is -0.633. The molecule has 1 atom stereocenters. The van der Waals surface area contributed by atoms with E-state index in [4.69, 9.17) is 4.74 Å². The number of fused-ring (bicyclic) bond motifs is 3. The molecule has 0 aliphatic rings. The zero-order valence-corrected chi connectivity index (χ0v) is 15.4. The number of aromatic nitrogens is 2. The van der Waals surface area contributed by atoms with Crippen molar-refractivity contribution in [1.82, 2.24) is 15.1 Å². The number of ether oxygens (including phenoxy) is 1. The first kappa shape index (κ1) is 17.6. The van der Waals surface area contributed by atoms with Gasteiger partial charge in [-0.15, -0.1) is 11.3 Å². The molecule has 25 heavy (non-hydrogen) atoms. The summed E-state index contributed by atoms with van der Waals surface area (Å²) in [5.41, 5.74) is 0.547. The van der Waals surface area contributed by atoms with E-state index >= 15 is 0 Å². The molecular formula is C18H21N3O3S. The molecule has 0 bridgehead atoms. The van der Waals surface area contributed by atoms with Gasteiger partial charge in [-0.1, -0.05) is 25.1 Å². The van der Waals surface area contributed by atoms with Crippen LogP contribution < -0.4 is 10.9 Å². The molecule has 1 aromatic carbocycles. The predicted octanol–water partition coefficient (Wildman–Crippen LogP) is 2.63. The van der Waals surface area contributed by atoms with Crippen molar-refractivity contribution >= 4 is 37.4 Å². The molecular weight excluding hydrogens is 338 g/mol. The number of methoxy groups -OCH3 is 1. The smallest absolute Gasteiger partial charge is 0.276 e. The number of carbonyl (C=O) groups is 1. The second kappa shape index (κ2) is 7.33. The number of hydrogen-bond acceptors (Lipinski definition) is 5. The van der Waals surface area contributed by atoms with Crippen molar-refractivity contribution < 1.29 is 9.53 Å². The molecule has 7 heteroatoms. The number of aryl methyl sites for hydroxylation is 1. The Kier molecular flexibility index (Phi) is 5.15. The van der Waals surface area contributed by atoms with Crippen molar-refractivity contribution in [3.8, 4) is 0 Å². The van der Waals surface area contributed by atoms with E-state index in [0.717, 1.165) is 20.5 Å². The lowest BCUT2D eigenvalue weighted by Gasteiger charge is -2.17. The molecule has 132 valence electrons. The van der Waals surface area contributed by atoms with Crippen LogP contribution in [0.3, 0.4) is 0 Å². The van der Waals surface area contributed by atoms with Gasteiger partial charge >= 0.3 is 0 Å². The standard InChI is InChI=1S/C18H21N3O3S/c1-4-13(17(22)19-9-10-24-3)21-18(23)15-12-7-5-6-8-14(12)25-16(15)11(2)20-21/h5-8,13H,4,9-10H2,1-3H3,(H,19,22)/t13-/m1/s1. The number of nitrogens with one attached hydrogen (secondary N) is 1. The second-order valence-corrected chi connectivity index (χ2v) is 6.90. The Morgan fingerprint density at radius 3 is 2.88 bits per heavy atom. The number of nitrogens with zero attached hydrogens (tertiary/aromatic N) is 2. The molecule has 0 aliphatic carbocycles. The van der Waals surface area contributed by atoms with Crippen LogP contribution in [0.25, 0.3) is 20.2 Å². The van der Waals surface area contributed by atoms with E-state index in [0.29, 0.717) is 25.0 Å². The summed E-state index contributed by atoms with van der Waals surface area (Å²) >= 11 is 1.56.